The van der Waals surface area contributed by atoms with Gasteiger partial charge in [-0.05, 0) is 35.9 Å². The first-order chi connectivity index (χ1) is 9.28. The van der Waals surface area contributed by atoms with Crippen molar-refractivity contribution in [2.45, 2.75) is 13.0 Å². The molecule has 0 unspecified atom stereocenters. The molecule has 1 aromatic carbocycles. The molecule has 2 aromatic rings. The van der Waals surface area contributed by atoms with E-state index in [1.54, 1.807) is 7.11 Å². The number of carbonyl (C=O) groups excluding carboxylic acids is 1. The number of aromatic nitrogens is 1. The zero-order valence-electron chi connectivity index (χ0n) is 10.8. The Balaban J connectivity index is 1.77. The van der Waals surface area contributed by atoms with Gasteiger partial charge in [0, 0.05) is 37.0 Å². The predicted octanol–water partition coefficient (Wildman–Crippen LogP) is 2.22. The van der Waals surface area contributed by atoms with Crippen LogP contribution in [0.3, 0.4) is 0 Å². The summed E-state index contributed by atoms with van der Waals surface area (Å²) in [6.45, 7) is 1.45. The Labute approximate surface area is 112 Å². The summed E-state index contributed by atoms with van der Waals surface area (Å²) in [6, 6.07) is 9.31. The average molecular weight is 256 g/mol. The highest BCUT2D eigenvalue weighted by Gasteiger charge is 2.22. The van der Waals surface area contributed by atoms with Gasteiger partial charge in [0.05, 0.1) is 7.11 Å². The Kier molecular flexibility index (Phi) is 2.99. The lowest BCUT2D eigenvalue weighted by Crippen LogP contribution is -2.35. The van der Waals surface area contributed by atoms with Gasteiger partial charge < -0.3 is 14.6 Å². The second kappa shape index (κ2) is 4.80. The number of methoxy groups -OCH3 is 1. The number of rotatable bonds is 2. The van der Waals surface area contributed by atoms with E-state index in [0.717, 1.165) is 18.7 Å². The maximum Gasteiger partial charge on any atom is 0.254 e. The van der Waals surface area contributed by atoms with Crippen LogP contribution >= 0.6 is 0 Å². The molecule has 1 amide bonds. The third-order valence-corrected chi connectivity index (χ3v) is 3.55. The van der Waals surface area contributed by atoms with Crippen LogP contribution in [0.1, 0.15) is 21.6 Å². The van der Waals surface area contributed by atoms with Crippen molar-refractivity contribution >= 4 is 5.91 Å². The molecule has 1 aliphatic rings. The molecular weight excluding hydrogens is 240 g/mol. The lowest BCUT2D eigenvalue weighted by molar-refractivity contribution is 0.0734. The second-order valence-electron chi connectivity index (χ2n) is 4.69. The van der Waals surface area contributed by atoms with Crippen LogP contribution in [-0.2, 0) is 13.0 Å². The minimum atomic E-state index is 0.0782. The van der Waals surface area contributed by atoms with Crippen molar-refractivity contribution in [3.8, 4) is 5.75 Å². The normalized spacial score (nSPS) is 14.1. The van der Waals surface area contributed by atoms with Crippen LogP contribution in [0.25, 0.3) is 0 Å². The van der Waals surface area contributed by atoms with E-state index >= 15 is 0 Å². The molecule has 0 radical (unpaired) electrons. The Morgan fingerprint density at radius 3 is 2.79 bits per heavy atom. The number of H-pyrrole nitrogens is 1. The van der Waals surface area contributed by atoms with E-state index < -0.39 is 0 Å². The van der Waals surface area contributed by atoms with Crippen molar-refractivity contribution in [1.82, 2.24) is 9.88 Å². The Bertz CT molecular complexity index is 586. The van der Waals surface area contributed by atoms with Crippen molar-refractivity contribution in [1.29, 1.82) is 0 Å². The smallest absolute Gasteiger partial charge is 0.254 e. The number of aromatic amines is 1. The molecule has 0 atom stereocenters. The second-order valence-corrected chi connectivity index (χ2v) is 4.69. The minimum Gasteiger partial charge on any atom is -0.497 e. The summed E-state index contributed by atoms with van der Waals surface area (Å²) in [5, 5.41) is 0. The number of carbonyl (C=O) groups is 1. The largest absolute Gasteiger partial charge is 0.497 e. The summed E-state index contributed by atoms with van der Waals surface area (Å²) in [5.41, 5.74) is 3.17. The van der Waals surface area contributed by atoms with Crippen LogP contribution in [0, 0.1) is 0 Å². The molecule has 2 heterocycles. The molecule has 4 nitrogen and oxygen atoms in total. The first kappa shape index (κ1) is 11.8. The van der Waals surface area contributed by atoms with Gasteiger partial charge in [0.1, 0.15) is 5.75 Å². The summed E-state index contributed by atoms with van der Waals surface area (Å²) in [4.78, 5) is 17.5. The van der Waals surface area contributed by atoms with E-state index in [-0.39, 0.29) is 5.91 Å². The van der Waals surface area contributed by atoms with Crippen LogP contribution in [0.4, 0.5) is 0 Å². The molecule has 0 aliphatic carbocycles. The fraction of sp³-hybridized carbons (Fsp3) is 0.267. The van der Waals surface area contributed by atoms with Gasteiger partial charge in [-0.1, -0.05) is 0 Å². The van der Waals surface area contributed by atoms with Gasteiger partial charge in [0.25, 0.3) is 5.91 Å². The number of fused-ring (bicyclic) bond motifs is 1. The van der Waals surface area contributed by atoms with E-state index in [2.05, 4.69) is 4.98 Å². The Hall–Kier alpha value is -2.23. The molecule has 1 aromatic heterocycles. The fourth-order valence-electron chi connectivity index (χ4n) is 2.44. The fourth-order valence-corrected chi connectivity index (χ4v) is 2.44. The molecule has 0 saturated heterocycles. The lowest BCUT2D eigenvalue weighted by Gasteiger charge is -2.27. The van der Waals surface area contributed by atoms with Crippen molar-refractivity contribution in [2.24, 2.45) is 0 Å². The molecule has 0 bridgehead atoms. The van der Waals surface area contributed by atoms with E-state index in [4.69, 9.17) is 4.74 Å². The molecule has 19 heavy (non-hydrogen) atoms. The summed E-state index contributed by atoms with van der Waals surface area (Å²) in [7, 11) is 1.62. The number of benzene rings is 1. The number of hydrogen-bond donors (Lipinski definition) is 1. The monoisotopic (exact) mass is 256 g/mol. The average Bonchev–Trinajstić information content (AvgIpc) is 2.94. The van der Waals surface area contributed by atoms with Gasteiger partial charge in [-0.3, -0.25) is 4.79 Å². The maximum absolute atomic E-state index is 12.4. The topological polar surface area (TPSA) is 45.3 Å². The van der Waals surface area contributed by atoms with E-state index in [0.29, 0.717) is 12.1 Å². The van der Waals surface area contributed by atoms with Gasteiger partial charge in [-0.2, -0.15) is 0 Å². The van der Waals surface area contributed by atoms with Gasteiger partial charge in [0.2, 0.25) is 0 Å². The molecule has 0 saturated carbocycles. The van der Waals surface area contributed by atoms with Crippen LogP contribution < -0.4 is 4.74 Å². The number of nitrogens with one attached hydrogen (secondary N) is 1. The summed E-state index contributed by atoms with van der Waals surface area (Å²) in [6.07, 6.45) is 2.83. The van der Waals surface area contributed by atoms with Crippen molar-refractivity contribution in [3.05, 3.63) is 53.3 Å². The standard InChI is InChI=1S/C15H16N2O2/c1-19-13-4-2-11(3-5-13)15(18)17-9-7-14-12(10-17)6-8-16-14/h2-6,8,16H,7,9-10H2,1H3. The van der Waals surface area contributed by atoms with Crippen LogP contribution in [0.15, 0.2) is 36.5 Å². The minimum absolute atomic E-state index is 0.0782. The number of ether oxygens (including phenoxy) is 1. The zero-order valence-corrected chi connectivity index (χ0v) is 10.8. The van der Waals surface area contributed by atoms with Crippen LogP contribution in [-0.4, -0.2) is 29.4 Å². The predicted molar refractivity (Wildman–Crippen MR) is 72.2 cm³/mol. The third-order valence-electron chi connectivity index (χ3n) is 3.55. The summed E-state index contributed by atoms with van der Waals surface area (Å²) in [5.74, 6) is 0.845. The lowest BCUT2D eigenvalue weighted by atomic mass is 10.1. The molecule has 0 fully saturated rings. The number of hydrogen-bond acceptors (Lipinski definition) is 2. The molecule has 3 rings (SSSR count). The molecule has 1 N–H and O–H groups in total. The molecule has 1 aliphatic heterocycles. The molecular formula is C15H16N2O2. The highest BCUT2D eigenvalue weighted by molar-refractivity contribution is 5.94. The number of nitrogens with zero attached hydrogens (tertiary/aromatic N) is 1. The van der Waals surface area contributed by atoms with E-state index in [1.807, 2.05) is 41.4 Å². The van der Waals surface area contributed by atoms with E-state index in [9.17, 15) is 4.79 Å². The highest BCUT2D eigenvalue weighted by atomic mass is 16.5. The van der Waals surface area contributed by atoms with Gasteiger partial charge in [-0.15, -0.1) is 0 Å². The van der Waals surface area contributed by atoms with Crippen LogP contribution in [0.5, 0.6) is 5.75 Å². The van der Waals surface area contributed by atoms with Crippen molar-refractivity contribution in [2.75, 3.05) is 13.7 Å². The highest BCUT2D eigenvalue weighted by Crippen LogP contribution is 2.20. The Morgan fingerprint density at radius 1 is 1.26 bits per heavy atom. The van der Waals surface area contributed by atoms with Gasteiger partial charge in [-0.25, -0.2) is 0 Å². The first-order valence-electron chi connectivity index (χ1n) is 6.36. The summed E-state index contributed by atoms with van der Waals surface area (Å²) >= 11 is 0. The van der Waals surface area contributed by atoms with E-state index in [1.165, 1.54) is 11.3 Å². The van der Waals surface area contributed by atoms with Crippen molar-refractivity contribution in [3.63, 3.8) is 0 Å². The SMILES string of the molecule is COc1ccc(C(=O)N2CCc3[nH]ccc3C2)cc1. The maximum atomic E-state index is 12.4. The molecule has 98 valence electrons. The van der Waals surface area contributed by atoms with Crippen molar-refractivity contribution < 1.29 is 9.53 Å². The summed E-state index contributed by atoms with van der Waals surface area (Å²) < 4.78 is 5.10. The first-order valence-corrected chi connectivity index (χ1v) is 6.36. The molecule has 0 spiro atoms. The van der Waals surface area contributed by atoms with Gasteiger partial charge >= 0.3 is 0 Å². The quantitative estimate of drug-likeness (QED) is 0.895. The van der Waals surface area contributed by atoms with Gasteiger partial charge in [0.15, 0.2) is 0 Å². The molecule has 4 heteroatoms. The van der Waals surface area contributed by atoms with Crippen LogP contribution in [0.2, 0.25) is 0 Å². The third kappa shape index (κ3) is 2.21. The Morgan fingerprint density at radius 2 is 2.05 bits per heavy atom. The number of amides is 1. The zero-order chi connectivity index (χ0) is 13.2.